The smallest absolute Gasteiger partial charge is 0.193 e. The molecule has 0 aliphatic heterocycles. The molecule has 2 heterocycles. The first-order chi connectivity index (χ1) is 12.3. The van der Waals surface area contributed by atoms with Crippen LogP contribution in [0.4, 0.5) is 0 Å². The summed E-state index contributed by atoms with van der Waals surface area (Å²) in [6, 6.07) is 8.08. The van der Waals surface area contributed by atoms with Gasteiger partial charge in [0.2, 0.25) is 0 Å². The fourth-order valence-corrected chi connectivity index (χ4v) is 3.30. The molecule has 3 aromatic rings. The van der Waals surface area contributed by atoms with Crippen molar-refractivity contribution in [2.75, 3.05) is 20.2 Å². The van der Waals surface area contributed by atoms with Crippen LogP contribution in [-0.4, -0.2) is 35.5 Å². The van der Waals surface area contributed by atoms with Crippen molar-refractivity contribution in [1.82, 2.24) is 20.0 Å². The van der Waals surface area contributed by atoms with Gasteiger partial charge in [-0.2, -0.15) is 0 Å². The van der Waals surface area contributed by atoms with E-state index in [0.717, 1.165) is 41.9 Å². The van der Waals surface area contributed by atoms with E-state index in [1.54, 1.807) is 18.4 Å². The first-order valence-electron chi connectivity index (χ1n) is 8.35. The lowest BCUT2D eigenvalue weighted by molar-refractivity contribution is 0.409. The maximum atomic E-state index is 5.39. The fraction of sp³-hybridized carbons (Fsp3) is 0.333. The molecule has 0 aliphatic carbocycles. The topological polar surface area (TPSA) is 63.0 Å². The quantitative estimate of drug-likeness (QED) is 0.504. The second-order valence-corrected chi connectivity index (χ2v) is 6.38. The van der Waals surface area contributed by atoms with Crippen molar-refractivity contribution in [1.29, 1.82) is 0 Å². The second-order valence-electron chi connectivity index (χ2n) is 5.51. The van der Waals surface area contributed by atoms with Crippen LogP contribution in [-0.2, 0) is 13.0 Å². The molecule has 0 aliphatic rings. The molecular weight excluding hydrogens is 334 g/mol. The Balaban J connectivity index is 1.57. The summed E-state index contributed by atoms with van der Waals surface area (Å²) < 4.78 is 7.42. The molecule has 7 heteroatoms. The average molecular weight is 357 g/mol. The van der Waals surface area contributed by atoms with Gasteiger partial charge in [0, 0.05) is 30.9 Å². The van der Waals surface area contributed by atoms with Gasteiger partial charge in [-0.05, 0) is 25.0 Å². The number of methoxy groups -OCH3 is 1. The van der Waals surface area contributed by atoms with Crippen molar-refractivity contribution in [3.63, 3.8) is 0 Å². The van der Waals surface area contributed by atoms with Crippen molar-refractivity contribution >= 4 is 22.3 Å². The zero-order chi connectivity index (χ0) is 17.5. The summed E-state index contributed by atoms with van der Waals surface area (Å²) in [4.78, 5) is 10.2. The number of fused-ring (bicyclic) bond motifs is 1. The number of imidazole rings is 1. The Morgan fingerprint density at radius 2 is 2.20 bits per heavy atom. The molecule has 0 radical (unpaired) electrons. The van der Waals surface area contributed by atoms with Gasteiger partial charge in [-0.3, -0.25) is 4.40 Å². The van der Waals surface area contributed by atoms with Gasteiger partial charge in [-0.15, -0.1) is 11.3 Å². The van der Waals surface area contributed by atoms with Crippen LogP contribution in [0.15, 0.2) is 47.0 Å². The summed E-state index contributed by atoms with van der Waals surface area (Å²) in [6.45, 7) is 4.21. The molecule has 1 aromatic carbocycles. The minimum absolute atomic E-state index is 0.554. The molecule has 2 N–H and O–H groups in total. The Morgan fingerprint density at radius 3 is 3.00 bits per heavy atom. The maximum absolute atomic E-state index is 5.39. The van der Waals surface area contributed by atoms with Crippen LogP contribution in [0.5, 0.6) is 5.75 Å². The van der Waals surface area contributed by atoms with E-state index < -0.39 is 0 Å². The minimum Gasteiger partial charge on any atom is -0.496 e. The molecule has 0 fully saturated rings. The van der Waals surface area contributed by atoms with E-state index in [2.05, 4.69) is 33.6 Å². The standard InChI is InChI=1S/C18H23N5OS/c1-3-19-17(20-9-8-14-6-4-5-7-16(14)24-2)21-12-15-13-23-10-11-25-18(23)22-15/h4-7,10-11,13H,3,8-9,12H2,1-2H3,(H2,19,20,21). The lowest BCUT2D eigenvalue weighted by Gasteiger charge is -2.12. The molecule has 0 saturated carbocycles. The van der Waals surface area contributed by atoms with Crippen molar-refractivity contribution in [2.45, 2.75) is 19.9 Å². The van der Waals surface area contributed by atoms with Gasteiger partial charge in [-0.1, -0.05) is 18.2 Å². The molecule has 0 unspecified atom stereocenters. The lowest BCUT2D eigenvalue weighted by Crippen LogP contribution is -2.38. The number of thiazole rings is 1. The van der Waals surface area contributed by atoms with Crippen LogP contribution in [0.3, 0.4) is 0 Å². The first-order valence-corrected chi connectivity index (χ1v) is 9.23. The summed E-state index contributed by atoms with van der Waals surface area (Å²) in [6.07, 6.45) is 4.90. The third-order valence-electron chi connectivity index (χ3n) is 3.77. The Morgan fingerprint density at radius 1 is 1.32 bits per heavy atom. The highest BCUT2D eigenvalue weighted by molar-refractivity contribution is 7.15. The zero-order valence-corrected chi connectivity index (χ0v) is 15.3. The van der Waals surface area contributed by atoms with E-state index in [1.807, 2.05) is 40.4 Å². The summed E-state index contributed by atoms with van der Waals surface area (Å²) in [5.74, 6) is 1.72. The number of hydrogen-bond acceptors (Lipinski definition) is 4. The molecule has 0 spiro atoms. The van der Waals surface area contributed by atoms with Crippen LogP contribution in [0.1, 0.15) is 18.2 Å². The van der Waals surface area contributed by atoms with Crippen LogP contribution in [0.2, 0.25) is 0 Å². The summed E-state index contributed by atoms with van der Waals surface area (Å²) in [5, 5.41) is 8.67. The van der Waals surface area contributed by atoms with Crippen molar-refractivity contribution < 1.29 is 4.74 Å². The number of ether oxygens (including phenoxy) is 1. The SMILES string of the molecule is CCNC(=NCc1cn2ccsc2n1)NCCc1ccccc1OC. The summed E-state index contributed by atoms with van der Waals surface area (Å²) >= 11 is 1.63. The molecule has 2 aromatic heterocycles. The van der Waals surface area contributed by atoms with Crippen molar-refractivity contribution in [3.05, 3.63) is 53.3 Å². The van der Waals surface area contributed by atoms with Gasteiger partial charge >= 0.3 is 0 Å². The van der Waals surface area contributed by atoms with Crippen molar-refractivity contribution in [2.24, 2.45) is 4.99 Å². The number of para-hydroxylation sites is 1. The molecule has 0 amide bonds. The number of benzene rings is 1. The first kappa shape index (κ1) is 17.3. The molecule has 0 saturated heterocycles. The molecule has 25 heavy (non-hydrogen) atoms. The van der Waals surface area contributed by atoms with Gasteiger partial charge in [0.05, 0.1) is 19.3 Å². The van der Waals surface area contributed by atoms with Gasteiger partial charge in [0.25, 0.3) is 0 Å². The van der Waals surface area contributed by atoms with Crippen LogP contribution >= 0.6 is 11.3 Å². The number of guanidine groups is 1. The number of aromatic nitrogens is 2. The van der Waals surface area contributed by atoms with Crippen molar-refractivity contribution in [3.8, 4) is 5.75 Å². The maximum Gasteiger partial charge on any atom is 0.193 e. The Bertz CT molecular complexity index is 810. The summed E-state index contributed by atoms with van der Waals surface area (Å²) in [7, 11) is 1.70. The third kappa shape index (κ3) is 4.51. The fourth-order valence-electron chi connectivity index (χ4n) is 2.58. The number of nitrogens with one attached hydrogen (secondary N) is 2. The minimum atomic E-state index is 0.554. The van der Waals surface area contributed by atoms with E-state index in [0.29, 0.717) is 6.54 Å². The van der Waals surface area contributed by atoms with Gasteiger partial charge < -0.3 is 15.4 Å². The second kappa shape index (κ2) is 8.53. The highest BCUT2D eigenvalue weighted by Crippen LogP contribution is 2.17. The predicted octanol–water partition coefficient (Wildman–Crippen LogP) is 2.70. The molecular formula is C18H23N5OS. The lowest BCUT2D eigenvalue weighted by atomic mass is 10.1. The average Bonchev–Trinajstić information content (AvgIpc) is 3.21. The van der Waals surface area contributed by atoms with Gasteiger partial charge in [0.1, 0.15) is 5.75 Å². The van der Waals surface area contributed by atoms with Gasteiger partial charge in [0.15, 0.2) is 10.9 Å². The number of nitrogens with zero attached hydrogens (tertiary/aromatic N) is 3. The van der Waals surface area contributed by atoms with Crippen LogP contribution < -0.4 is 15.4 Å². The monoisotopic (exact) mass is 357 g/mol. The van der Waals surface area contributed by atoms with E-state index in [4.69, 9.17) is 4.74 Å². The van der Waals surface area contributed by atoms with Crippen LogP contribution in [0.25, 0.3) is 4.96 Å². The predicted molar refractivity (Wildman–Crippen MR) is 103 cm³/mol. The Hall–Kier alpha value is -2.54. The van der Waals surface area contributed by atoms with E-state index in [1.165, 1.54) is 5.56 Å². The Labute approximate surface area is 151 Å². The zero-order valence-electron chi connectivity index (χ0n) is 14.5. The van der Waals surface area contributed by atoms with E-state index in [-0.39, 0.29) is 0 Å². The van der Waals surface area contributed by atoms with Crippen LogP contribution in [0, 0.1) is 0 Å². The number of rotatable bonds is 7. The molecule has 0 bridgehead atoms. The molecule has 132 valence electrons. The largest absolute Gasteiger partial charge is 0.496 e. The van der Waals surface area contributed by atoms with Gasteiger partial charge in [-0.25, -0.2) is 9.98 Å². The molecule has 0 atom stereocenters. The highest BCUT2D eigenvalue weighted by Gasteiger charge is 2.04. The molecule has 3 rings (SSSR count). The van der Waals surface area contributed by atoms with E-state index >= 15 is 0 Å². The molecule has 6 nitrogen and oxygen atoms in total. The summed E-state index contributed by atoms with van der Waals surface area (Å²) in [5.41, 5.74) is 2.15. The normalized spacial score (nSPS) is 11.7. The highest BCUT2D eigenvalue weighted by atomic mass is 32.1. The third-order valence-corrected chi connectivity index (χ3v) is 4.54. The van der Waals surface area contributed by atoms with E-state index in [9.17, 15) is 0 Å². The number of hydrogen-bond donors (Lipinski definition) is 2. The number of aliphatic imine (C=N–C) groups is 1. The Kier molecular flexibility index (Phi) is 5.90.